The zero-order valence-corrected chi connectivity index (χ0v) is 22.0. The maximum atomic E-state index is 15.1. The molecule has 0 radical (unpaired) electrons. The summed E-state index contributed by atoms with van der Waals surface area (Å²) in [5.41, 5.74) is -2.71. The number of alkyl halides is 2. The molecule has 0 aromatic carbocycles. The normalized spacial score (nSPS) is 61.2. The van der Waals surface area contributed by atoms with Gasteiger partial charge in [0.2, 0.25) is 0 Å². The predicted octanol–water partition coefficient (Wildman–Crippen LogP) is 5.07. The van der Waals surface area contributed by atoms with E-state index in [1.165, 1.54) is 0 Å². The van der Waals surface area contributed by atoms with Gasteiger partial charge in [-0.05, 0) is 99.2 Å². The second kappa shape index (κ2) is 6.13. The molecule has 0 amide bonds. The van der Waals surface area contributed by atoms with Crippen molar-refractivity contribution in [3.63, 3.8) is 0 Å². The van der Waals surface area contributed by atoms with Crippen molar-refractivity contribution in [1.82, 2.24) is 0 Å². The summed E-state index contributed by atoms with van der Waals surface area (Å²) in [5, 5.41) is 33.7. The minimum Gasteiger partial charge on any atom is -0.393 e. The molecule has 7 fully saturated rings. The highest BCUT2D eigenvalue weighted by atomic mass is 19.3. The number of hydrogen-bond acceptors (Lipinski definition) is 4. The monoisotopic (exact) mass is 494 g/mol. The van der Waals surface area contributed by atoms with Crippen LogP contribution in [0.2, 0.25) is 0 Å². The Hall–Kier alpha value is -0.300. The highest BCUT2D eigenvalue weighted by molar-refractivity contribution is 5.36. The predicted molar refractivity (Wildman–Crippen MR) is 127 cm³/mol. The van der Waals surface area contributed by atoms with E-state index >= 15 is 8.78 Å². The van der Waals surface area contributed by atoms with Gasteiger partial charge in [-0.25, -0.2) is 8.78 Å². The fourth-order valence-corrected chi connectivity index (χ4v) is 12.6. The van der Waals surface area contributed by atoms with Crippen LogP contribution in [-0.2, 0) is 4.74 Å². The van der Waals surface area contributed by atoms with Gasteiger partial charge in [0.1, 0.15) is 0 Å². The van der Waals surface area contributed by atoms with Gasteiger partial charge >= 0.3 is 0 Å². The van der Waals surface area contributed by atoms with Crippen molar-refractivity contribution in [2.45, 2.75) is 134 Å². The maximum Gasteiger partial charge on any atom is 0.253 e. The topological polar surface area (TPSA) is 69.9 Å². The lowest BCUT2D eigenvalue weighted by molar-refractivity contribution is -0.295. The molecule has 6 aliphatic carbocycles. The van der Waals surface area contributed by atoms with Gasteiger partial charge < -0.3 is 20.1 Å². The standard InChI is InChI=1S/C29H44F2O4/c1-22(2)20-16(32)12-18-24(5)13-17(33)21-26(24,15-28(21)7-6-19(35-28)23(3,4)34)9-8-25(18)14-27(20,25)10-11-29(22,30)31/h16-21,32-34H,6-15H2,1-5H3/t16-,17-,18-,19?,20-,21-,24-,25-,26-,27+,28-/m0/s1. The van der Waals surface area contributed by atoms with Crippen LogP contribution in [0.15, 0.2) is 0 Å². The lowest BCUT2D eigenvalue weighted by Gasteiger charge is -2.70. The summed E-state index contributed by atoms with van der Waals surface area (Å²) in [4.78, 5) is 0. The largest absolute Gasteiger partial charge is 0.393 e. The molecule has 7 rings (SSSR count). The van der Waals surface area contributed by atoms with Crippen LogP contribution in [0.5, 0.6) is 0 Å². The molecule has 0 bridgehead atoms. The molecule has 3 N–H and O–H groups in total. The fraction of sp³-hybridized carbons (Fsp3) is 1.00. The summed E-state index contributed by atoms with van der Waals surface area (Å²) in [6.07, 6.45) is 6.06. The highest BCUT2D eigenvalue weighted by Crippen LogP contribution is 2.92. The average molecular weight is 495 g/mol. The smallest absolute Gasteiger partial charge is 0.253 e. The Morgan fingerprint density at radius 3 is 2.14 bits per heavy atom. The first kappa shape index (κ1) is 23.8. The number of hydrogen-bond donors (Lipinski definition) is 3. The van der Waals surface area contributed by atoms with Crippen LogP contribution in [0.1, 0.15) is 98.8 Å². The summed E-state index contributed by atoms with van der Waals surface area (Å²) < 4.78 is 36.8. The maximum absolute atomic E-state index is 15.1. The second-order valence-electron chi connectivity index (χ2n) is 15.6. The number of halogens is 2. The van der Waals surface area contributed by atoms with E-state index < -0.39 is 29.1 Å². The lowest BCUT2D eigenvalue weighted by atomic mass is 9.35. The molecule has 4 spiro atoms. The van der Waals surface area contributed by atoms with E-state index in [1.54, 1.807) is 13.8 Å². The highest BCUT2D eigenvalue weighted by Gasteiger charge is 2.89. The first-order chi connectivity index (χ1) is 16.0. The SMILES string of the molecule is CC(C)(O)C1CC[C@@]2(C[C@]34CC[C@@]56C[C@@]57CCC(F)(F)C(C)(C)[C@@H]7[C@@H](O)C[C@H]6[C@]3(C)C[C@H](O)[C@H]24)O1. The van der Waals surface area contributed by atoms with Crippen LogP contribution in [-0.4, -0.2) is 50.8 Å². The van der Waals surface area contributed by atoms with E-state index in [-0.39, 0.29) is 57.5 Å². The van der Waals surface area contributed by atoms with Crippen molar-refractivity contribution in [2.75, 3.05) is 0 Å². The molecule has 7 aliphatic rings. The van der Waals surface area contributed by atoms with Crippen molar-refractivity contribution >= 4 is 0 Å². The third kappa shape index (κ3) is 2.32. The molecule has 1 heterocycles. The zero-order valence-electron chi connectivity index (χ0n) is 22.0. The van der Waals surface area contributed by atoms with Crippen LogP contribution in [0, 0.1) is 44.8 Å². The molecule has 0 aromatic heterocycles. The van der Waals surface area contributed by atoms with Crippen LogP contribution in [0.4, 0.5) is 8.78 Å². The van der Waals surface area contributed by atoms with Crippen molar-refractivity contribution in [1.29, 1.82) is 0 Å². The summed E-state index contributed by atoms with van der Waals surface area (Å²) in [6.45, 7) is 9.38. The number of aliphatic hydroxyl groups excluding tert-OH is 2. The number of aliphatic hydroxyl groups is 3. The summed E-state index contributed by atoms with van der Waals surface area (Å²) in [6, 6.07) is 0. The van der Waals surface area contributed by atoms with Crippen molar-refractivity contribution in [2.24, 2.45) is 44.8 Å². The van der Waals surface area contributed by atoms with Crippen LogP contribution in [0.3, 0.4) is 0 Å². The van der Waals surface area contributed by atoms with E-state index in [1.807, 2.05) is 13.8 Å². The molecule has 4 nitrogen and oxygen atoms in total. The summed E-state index contributed by atoms with van der Waals surface area (Å²) in [5.74, 6) is -2.76. The number of fused-ring (bicyclic) bond motifs is 2. The first-order valence-electron chi connectivity index (χ1n) is 14.2. The molecule has 1 unspecified atom stereocenters. The molecule has 0 aromatic rings. The molecule has 198 valence electrons. The van der Waals surface area contributed by atoms with Gasteiger partial charge in [-0.15, -0.1) is 0 Å². The molecule has 6 heteroatoms. The van der Waals surface area contributed by atoms with E-state index in [2.05, 4.69) is 6.92 Å². The molecule has 1 aliphatic heterocycles. The molecule has 35 heavy (non-hydrogen) atoms. The van der Waals surface area contributed by atoms with Gasteiger partial charge in [0.05, 0.1) is 29.5 Å². The minimum atomic E-state index is -2.74. The van der Waals surface area contributed by atoms with E-state index in [9.17, 15) is 15.3 Å². The first-order valence-corrected chi connectivity index (χ1v) is 14.2. The zero-order chi connectivity index (χ0) is 25.2. The molecule has 11 atom stereocenters. The summed E-state index contributed by atoms with van der Waals surface area (Å²) in [7, 11) is 0. The minimum absolute atomic E-state index is 0.0126. The molecular weight excluding hydrogens is 450 g/mol. The fourth-order valence-electron chi connectivity index (χ4n) is 12.6. The van der Waals surface area contributed by atoms with E-state index in [4.69, 9.17) is 4.74 Å². The average Bonchev–Trinajstić information content (AvgIpc) is 3.02. The summed E-state index contributed by atoms with van der Waals surface area (Å²) >= 11 is 0. The van der Waals surface area contributed by atoms with Gasteiger partial charge in [-0.2, -0.15) is 0 Å². The van der Waals surface area contributed by atoms with E-state index in [0.717, 1.165) is 44.9 Å². The third-order valence-corrected chi connectivity index (χ3v) is 13.9. The van der Waals surface area contributed by atoms with Gasteiger partial charge in [0.25, 0.3) is 5.92 Å². The Morgan fingerprint density at radius 1 is 0.829 bits per heavy atom. The van der Waals surface area contributed by atoms with Crippen LogP contribution < -0.4 is 0 Å². The Morgan fingerprint density at radius 2 is 1.49 bits per heavy atom. The Bertz CT molecular complexity index is 976. The second-order valence-corrected chi connectivity index (χ2v) is 15.6. The molecular formula is C29H44F2O4. The van der Waals surface area contributed by atoms with Gasteiger partial charge in [-0.1, -0.05) is 20.8 Å². The quantitative estimate of drug-likeness (QED) is 0.476. The van der Waals surface area contributed by atoms with E-state index in [0.29, 0.717) is 12.8 Å². The Kier molecular flexibility index (Phi) is 4.16. The van der Waals surface area contributed by atoms with Crippen molar-refractivity contribution in [3.05, 3.63) is 0 Å². The van der Waals surface area contributed by atoms with Crippen LogP contribution in [0.25, 0.3) is 0 Å². The Balaban J connectivity index is 1.24. The van der Waals surface area contributed by atoms with Crippen molar-refractivity contribution < 1.29 is 28.8 Å². The molecule has 6 saturated carbocycles. The van der Waals surface area contributed by atoms with Gasteiger partial charge in [-0.3, -0.25) is 0 Å². The third-order valence-electron chi connectivity index (χ3n) is 13.9. The molecule has 1 saturated heterocycles. The van der Waals surface area contributed by atoms with Gasteiger partial charge in [0, 0.05) is 23.7 Å². The van der Waals surface area contributed by atoms with Gasteiger partial charge in [0.15, 0.2) is 0 Å². The van der Waals surface area contributed by atoms with Crippen molar-refractivity contribution in [3.8, 4) is 0 Å². The Labute approximate surface area is 208 Å². The van der Waals surface area contributed by atoms with Crippen LogP contribution >= 0.6 is 0 Å². The lowest BCUT2D eigenvalue weighted by Crippen LogP contribution is -2.70. The number of rotatable bonds is 1. The number of ether oxygens (including phenoxy) is 1.